The Bertz CT molecular complexity index is 1190. The van der Waals surface area contributed by atoms with Crippen molar-refractivity contribution in [3.05, 3.63) is 59.9 Å². The molecular weight excluding hydrogens is 464 g/mol. The molecule has 0 N–H and O–H groups in total. The number of aromatic nitrogens is 4. The number of nitrogens with zero attached hydrogens (tertiary/aromatic N) is 6. The maximum atomic E-state index is 13.1. The molecule has 0 unspecified atom stereocenters. The highest BCUT2D eigenvalue weighted by Crippen LogP contribution is 2.28. The van der Waals surface area contributed by atoms with Crippen LogP contribution in [0.2, 0.25) is 0 Å². The Morgan fingerprint density at radius 3 is 2.31 bits per heavy atom. The Balaban J connectivity index is 1.49. The minimum atomic E-state index is -3.57. The Kier molecular flexibility index (Phi) is 8.02. The summed E-state index contributed by atoms with van der Waals surface area (Å²) >= 11 is 0. The highest BCUT2D eigenvalue weighted by molar-refractivity contribution is 7.90. The van der Waals surface area contributed by atoms with Gasteiger partial charge in [0, 0.05) is 31.9 Å². The number of hydrogen-bond donors (Lipinski definition) is 0. The number of piperazine rings is 1. The predicted octanol–water partition coefficient (Wildman–Crippen LogP) is 3.48. The van der Waals surface area contributed by atoms with E-state index in [1.54, 1.807) is 31.4 Å². The number of sulfone groups is 1. The third-order valence-corrected chi connectivity index (χ3v) is 8.13. The van der Waals surface area contributed by atoms with Gasteiger partial charge in [0.15, 0.2) is 21.5 Å². The van der Waals surface area contributed by atoms with Crippen LogP contribution in [-0.4, -0.2) is 66.8 Å². The molecule has 35 heavy (non-hydrogen) atoms. The van der Waals surface area contributed by atoms with Gasteiger partial charge in [-0.05, 0) is 60.2 Å². The first-order valence-corrected chi connectivity index (χ1v) is 13.7. The summed E-state index contributed by atoms with van der Waals surface area (Å²) in [5.74, 6) is 1.19. The van der Waals surface area contributed by atoms with Crippen LogP contribution in [0.3, 0.4) is 0 Å². The van der Waals surface area contributed by atoms with E-state index in [9.17, 15) is 8.42 Å². The van der Waals surface area contributed by atoms with Gasteiger partial charge in [-0.15, -0.1) is 5.10 Å². The number of unbranched alkanes of at least 4 members (excludes halogenated alkanes) is 1. The third-order valence-electron chi connectivity index (χ3n) is 6.55. The number of hydrogen-bond acceptors (Lipinski definition) is 8. The fraction of sp³-hybridized carbons (Fsp3) is 0.480. The molecule has 1 aromatic heterocycles. The first kappa shape index (κ1) is 25.1. The van der Waals surface area contributed by atoms with Crippen LogP contribution in [0.15, 0.2) is 53.4 Å². The lowest BCUT2D eigenvalue weighted by molar-refractivity contribution is 0.163. The van der Waals surface area contributed by atoms with Crippen LogP contribution in [-0.2, 0) is 15.7 Å². The van der Waals surface area contributed by atoms with Gasteiger partial charge < -0.3 is 9.64 Å². The fourth-order valence-electron chi connectivity index (χ4n) is 4.48. The molecule has 188 valence electrons. The minimum absolute atomic E-state index is 0.0313. The maximum Gasteiger partial charge on any atom is 0.198 e. The Morgan fingerprint density at radius 1 is 1.00 bits per heavy atom. The summed E-state index contributed by atoms with van der Waals surface area (Å²) in [6.07, 6.45) is 2.94. The molecule has 9 nitrogen and oxygen atoms in total. The van der Waals surface area contributed by atoms with Crippen molar-refractivity contribution < 1.29 is 13.2 Å². The Hall–Kier alpha value is -2.98. The lowest BCUT2D eigenvalue weighted by Crippen LogP contribution is -2.48. The predicted molar refractivity (Wildman–Crippen MR) is 135 cm³/mol. The molecule has 0 radical (unpaired) electrons. The van der Waals surface area contributed by atoms with Crippen LogP contribution < -0.4 is 9.64 Å². The SMILES string of the molecule is CCCC[C@H](c1nnnn1CS(=O)(=O)c1ccc(C)cc1)N1CCN(c2ccc(OC)cc2)CC1. The molecule has 1 atom stereocenters. The number of methoxy groups -OCH3 is 1. The van der Waals surface area contributed by atoms with E-state index in [-0.39, 0.29) is 16.8 Å². The second-order valence-electron chi connectivity index (χ2n) is 8.97. The van der Waals surface area contributed by atoms with Crippen LogP contribution >= 0.6 is 0 Å². The van der Waals surface area contributed by atoms with E-state index < -0.39 is 9.84 Å². The molecule has 10 heteroatoms. The third kappa shape index (κ3) is 5.99. The second-order valence-corrected chi connectivity index (χ2v) is 10.9. The van der Waals surface area contributed by atoms with Gasteiger partial charge in [-0.2, -0.15) is 0 Å². The highest BCUT2D eigenvalue weighted by atomic mass is 32.2. The summed E-state index contributed by atoms with van der Waals surface area (Å²) in [7, 11) is -1.90. The normalized spacial score (nSPS) is 15.8. The number of tetrazole rings is 1. The zero-order valence-electron chi connectivity index (χ0n) is 20.7. The van der Waals surface area contributed by atoms with E-state index in [4.69, 9.17) is 4.74 Å². The fourth-order valence-corrected chi connectivity index (χ4v) is 5.69. The molecule has 1 saturated heterocycles. The first-order valence-electron chi connectivity index (χ1n) is 12.1. The van der Waals surface area contributed by atoms with Crippen LogP contribution in [0.25, 0.3) is 0 Å². The van der Waals surface area contributed by atoms with Gasteiger partial charge in [-0.25, -0.2) is 13.1 Å². The van der Waals surface area contributed by atoms with Crippen LogP contribution in [0.5, 0.6) is 5.75 Å². The molecule has 1 aliphatic heterocycles. The highest BCUT2D eigenvalue weighted by Gasteiger charge is 2.30. The van der Waals surface area contributed by atoms with Gasteiger partial charge in [0.05, 0.1) is 18.0 Å². The first-order chi connectivity index (χ1) is 16.9. The van der Waals surface area contributed by atoms with Gasteiger partial charge in [0.1, 0.15) is 5.75 Å². The monoisotopic (exact) mass is 498 g/mol. The molecule has 3 aromatic rings. The smallest absolute Gasteiger partial charge is 0.198 e. The van der Waals surface area contributed by atoms with Crippen molar-refractivity contribution in [2.45, 2.75) is 49.9 Å². The van der Waals surface area contributed by atoms with Gasteiger partial charge in [0.25, 0.3) is 0 Å². The van der Waals surface area contributed by atoms with E-state index in [1.165, 1.54) is 10.4 Å². The van der Waals surface area contributed by atoms with Gasteiger partial charge in [-0.3, -0.25) is 4.90 Å². The van der Waals surface area contributed by atoms with E-state index in [2.05, 4.69) is 44.4 Å². The molecule has 2 heterocycles. The van der Waals surface area contributed by atoms with E-state index in [1.807, 2.05) is 19.1 Å². The Labute approximate surface area is 207 Å². The zero-order chi connectivity index (χ0) is 24.8. The summed E-state index contributed by atoms with van der Waals surface area (Å²) in [5.41, 5.74) is 2.19. The average molecular weight is 499 g/mol. The standard InChI is InChI=1S/C25H34N6O3S/c1-4-5-6-24(30-17-15-29(16-18-30)21-9-11-22(34-3)12-10-21)25-26-27-28-31(25)19-35(32,33)23-13-7-20(2)8-14-23/h7-14,24H,4-6,15-19H2,1-3H3/t24-/m1/s1. The van der Waals surface area contributed by atoms with Crippen molar-refractivity contribution in [1.82, 2.24) is 25.1 Å². The number of aryl methyl sites for hydroxylation is 1. The van der Waals surface area contributed by atoms with Crippen molar-refractivity contribution >= 4 is 15.5 Å². The summed E-state index contributed by atoms with van der Waals surface area (Å²) in [5, 5.41) is 12.2. The largest absolute Gasteiger partial charge is 0.497 e. The molecule has 1 aliphatic rings. The van der Waals surface area contributed by atoms with Crippen molar-refractivity contribution in [1.29, 1.82) is 0 Å². The molecule has 0 saturated carbocycles. The molecule has 4 rings (SSSR count). The van der Waals surface area contributed by atoms with Crippen LogP contribution in [0, 0.1) is 6.92 Å². The van der Waals surface area contributed by atoms with Crippen molar-refractivity contribution in [2.75, 3.05) is 38.2 Å². The Morgan fingerprint density at radius 2 is 1.69 bits per heavy atom. The molecule has 0 aliphatic carbocycles. The zero-order valence-corrected chi connectivity index (χ0v) is 21.5. The van der Waals surface area contributed by atoms with Gasteiger partial charge >= 0.3 is 0 Å². The van der Waals surface area contributed by atoms with Gasteiger partial charge in [-0.1, -0.05) is 37.5 Å². The van der Waals surface area contributed by atoms with Crippen LogP contribution in [0.4, 0.5) is 5.69 Å². The lowest BCUT2D eigenvalue weighted by Gasteiger charge is -2.39. The van der Waals surface area contributed by atoms with E-state index in [0.29, 0.717) is 5.82 Å². The molecular formula is C25H34N6O3S. The number of benzene rings is 2. The van der Waals surface area contributed by atoms with Crippen molar-refractivity contribution in [3.63, 3.8) is 0 Å². The summed E-state index contributed by atoms with van der Waals surface area (Å²) in [6.45, 7) is 7.53. The molecule has 1 fully saturated rings. The number of anilines is 1. The molecule has 0 amide bonds. The number of rotatable bonds is 10. The summed E-state index contributed by atoms with van der Waals surface area (Å²) in [6, 6.07) is 15.0. The van der Waals surface area contributed by atoms with E-state index >= 15 is 0 Å². The minimum Gasteiger partial charge on any atom is -0.497 e. The van der Waals surface area contributed by atoms with Crippen molar-refractivity contribution in [3.8, 4) is 5.75 Å². The molecule has 0 bridgehead atoms. The maximum absolute atomic E-state index is 13.1. The number of ether oxygens (including phenoxy) is 1. The lowest BCUT2D eigenvalue weighted by atomic mass is 10.1. The molecule has 2 aromatic carbocycles. The van der Waals surface area contributed by atoms with Gasteiger partial charge in [0.2, 0.25) is 0 Å². The van der Waals surface area contributed by atoms with E-state index in [0.717, 1.165) is 56.8 Å². The quantitative estimate of drug-likeness (QED) is 0.419. The summed E-state index contributed by atoms with van der Waals surface area (Å²) in [4.78, 5) is 5.02. The second kappa shape index (κ2) is 11.2. The van der Waals surface area contributed by atoms with Crippen LogP contribution in [0.1, 0.15) is 43.6 Å². The van der Waals surface area contributed by atoms with Crippen molar-refractivity contribution in [2.24, 2.45) is 0 Å². The summed E-state index contributed by atoms with van der Waals surface area (Å²) < 4.78 is 32.9. The molecule has 0 spiro atoms. The average Bonchev–Trinajstić information content (AvgIpc) is 3.32. The topological polar surface area (TPSA) is 93.5 Å².